The molecule has 10 nitrogen and oxygen atoms in total. The van der Waals surface area contributed by atoms with Gasteiger partial charge < -0.3 is 14.2 Å². The van der Waals surface area contributed by atoms with Crippen molar-refractivity contribution >= 4 is 33.8 Å². The van der Waals surface area contributed by atoms with E-state index in [-0.39, 0.29) is 12.3 Å². The summed E-state index contributed by atoms with van der Waals surface area (Å²) in [6, 6.07) is 11.7. The molecule has 0 saturated heterocycles. The van der Waals surface area contributed by atoms with Crippen LogP contribution in [0, 0.1) is 6.92 Å². The second-order valence-corrected chi connectivity index (χ2v) is 8.58. The Hall–Kier alpha value is -3.60. The van der Waals surface area contributed by atoms with E-state index in [0.29, 0.717) is 17.1 Å². The number of hydrogen-bond acceptors (Lipinski definition) is 8. The lowest BCUT2D eigenvalue weighted by Crippen LogP contribution is -2.39. The molecular weight excluding hydrogens is 438 g/mol. The van der Waals surface area contributed by atoms with Crippen molar-refractivity contribution in [1.29, 1.82) is 0 Å². The molecule has 2 aromatic rings. The normalized spacial score (nSPS) is 11.1. The molecule has 1 N–H and O–H groups in total. The molecule has 1 amide bonds. The van der Waals surface area contributed by atoms with Crippen LogP contribution in [0.25, 0.3) is 0 Å². The van der Waals surface area contributed by atoms with Gasteiger partial charge in [-0.3, -0.25) is 9.10 Å². The van der Waals surface area contributed by atoms with Crippen LogP contribution in [0.15, 0.2) is 47.6 Å². The second kappa shape index (κ2) is 11.1. The highest BCUT2D eigenvalue weighted by Gasteiger charge is 2.24. The summed E-state index contributed by atoms with van der Waals surface area (Å²) in [5, 5.41) is 3.86. The summed E-state index contributed by atoms with van der Waals surface area (Å²) in [7, 11) is -1.09. The first kappa shape index (κ1) is 24.7. The van der Waals surface area contributed by atoms with E-state index in [2.05, 4.69) is 15.3 Å². The smallest absolute Gasteiger partial charge is 0.343 e. The Kier molecular flexibility index (Phi) is 8.59. The van der Waals surface area contributed by atoms with Crippen LogP contribution in [-0.4, -0.2) is 60.1 Å². The van der Waals surface area contributed by atoms with E-state index in [1.807, 2.05) is 0 Å². The third kappa shape index (κ3) is 7.27. The van der Waals surface area contributed by atoms with E-state index in [1.54, 1.807) is 49.4 Å². The Morgan fingerprint density at radius 2 is 1.91 bits per heavy atom. The maximum absolute atomic E-state index is 12.4. The van der Waals surface area contributed by atoms with Gasteiger partial charge in [-0.05, 0) is 42.3 Å². The van der Waals surface area contributed by atoms with E-state index in [0.717, 1.165) is 16.1 Å². The third-order valence-electron chi connectivity index (χ3n) is 4.14. The van der Waals surface area contributed by atoms with Crippen molar-refractivity contribution in [1.82, 2.24) is 5.43 Å². The summed E-state index contributed by atoms with van der Waals surface area (Å²) < 4.78 is 40.6. The monoisotopic (exact) mass is 463 g/mol. The maximum Gasteiger partial charge on any atom is 0.343 e. The molecule has 172 valence electrons. The van der Waals surface area contributed by atoms with Crippen LogP contribution >= 0.6 is 0 Å². The van der Waals surface area contributed by atoms with Crippen molar-refractivity contribution < 1.29 is 32.2 Å². The number of rotatable bonds is 10. The molecule has 0 aliphatic rings. The number of carbonyl (C=O) groups is 2. The van der Waals surface area contributed by atoms with Crippen LogP contribution in [0.4, 0.5) is 5.69 Å². The highest BCUT2D eigenvalue weighted by Crippen LogP contribution is 2.30. The minimum atomic E-state index is -3.77. The van der Waals surface area contributed by atoms with Crippen molar-refractivity contribution in [3.05, 3.63) is 53.6 Å². The van der Waals surface area contributed by atoms with Gasteiger partial charge in [-0.1, -0.05) is 18.2 Å². The number of carbonyl (C=O) groups excluding carboxylic acids is 2. The average Bonchev–Trinajstić information content (AvgIpc) is 2.75. The van der Waals surface area contributed by atoms with E-state index >= 15 is 0 Å². The molecule has 0 fully saturated rings. The number of sulfonamides is 1. The standard InChI is InChI=1S/C21H25N3O7S/c1-15-8-9-19(29-2)18(10-15)24(32(4,27)28)13-20(25)23-22-12-16-6-5-7-17(11-16)31-14-21(26)30-3/h5-12H,13-14H2,1-4H3,(H,23,25)/b22-12-. The van der Waals surface area contributed by atoms with Crippen LogP contribution in [0.1, 0.15) is 11.1 Å². The van der Waals surface area contributed by atoms with Gasteiger partial charge in [-0.2, -0.15) is 5.10 Å². The number of anilines is 1. The Morgan fingerprint density at radius 1 is 1.16 bits per heavy atom. The fourth-order valence-electron chi connectivity index (χ4n) is 2.61. The van der Waals surface area contributed by atoms with Gasteiger partial charge in [0, 0.05) is 0 Å². The van der Waals surface area contributed by atoms with Gasteiger partial charge in [0.25, 0.3) is 5.91 Å². The number of aryl methyl sites for hydroxylation is 1. The van der Waals surface area contributed by atoms with Gasteiger partial charge in [0.1, 0.15) is 18.0 Å². The summed E-state index contributed by atoms with van der Waals surface area (Å²) in [6.07, 6.45) is 2.37. The number of nitrogens with one attached hydrogen (secondary N) is 1. The number of amides is 1. The fraction of sp³-hybridized carbons (Fsp3) is 0.286. The molecule has 2 rings (SSSR count). The minimum absolute atomic E-state index is 0.239. The number of benzene rings is 2. The van der Waals surface area contributed by atoms with Crippen LogP contribution < -0.4 is 19.2 Å². The molecule has 0 heterocycles. The number of methoxy groups -OCH3 is 2. The van der Waals surface area contributed by atoms with Crippen molar-refractivity contribution in [2.24, 2.45) is 5.10 Å². The van der Waals surface area contributed by atoms with Gasteiger partial charge in [-0.15, -0.1) is 0 Å². The Balaban J connectivity index is 2.08. The summed E-state index contributed by atoms with van der Waals surface area (Å²) in [4.78, 5) is 23.5. The minimum Gasteiger partial charge on any atom is -0.495 e. The molecule has 0 saturated carbocycles. The van der Waals surface area contributed by atoms with E-state index in [1.165, 1.54) is 20.4 Å². The number of hydrogen-bond donors (Lipinski definition) is 1. The molecule has 0 aliphatic carbocycles. The van der Waals surface area contributed by atoms with Crippen LogP contribution in [-0.2, 0) is 24.3 Å². The number of ether oxygens (including phenoxy) is 3. The first-order valence-corrected chi connectivity index (χ1v) is 11.2. The zero-order chi connectivity index (χ0) is 23.7. The van der Waals surface area contributed by atoms with Gasteiger partial charge in [0.2, 0.25) is 10.0 Å². The van der Waals surface area contributed by atoms with Crippen LogP contribution in [0.3, 0.4) is 0 Å². The number of hydrazone groups is 1. The lowest BCUT2D eigenvalue weighted by molar-refractivity contribution is -0.142. The fourth-order valence-corrected chi connectivity index (χ4v) is 3.46. The number of esters is 1. The summed E-state index contributed by atoms with van der Waals surface area (Å²) in [6.45, 7) is 1.08. The zero-order valence-corrected chi connectivity index (χ0v) is 19.0. The molecule has 0 aliphatic heterocycles. The number of nitrogens with zero attached hydrogens (tertiary/aromatic N) is 2. The van der Waals surface area contributed by atoms with E-state index in [9.17, 15) is 18.0 Å². The molecule has 0 radical (unpaired) electrons. The first-order valence-electron chi connectivity index (χ1n) is 9.38. The van der Waals surface area contributed by atoms with Crippen molar-refractivity contribution in [3.63, 3.8) is 0 Å². The quantitative estimate of drug-likeness (QED) is 0.321. The van der Waals surface area contributed by atoms with Crippen LogP contribution in [0.2, 0.25) is 0 Å². The van der Waals surface area contributed by atoms with Crippen molar-refractivity contribution in [2.75, 3.05) is 37.9 Å². The third-order valence-corrected chi connectivity index (χ3v) is 5.26. The predicted octanol–water partition coefficient (Wildman–Crippen LogP) is 1.47. The molecule has 0 unspecified atom stereocenters. The molecule has 0 spiro atoms. The largest absolute Gasteiger partial charge is 0.495 e. The van der Waals surface area contributed by atoms with Crippen molar-refractivity contribution in [2.45, 2.75) is 6.92 Å². The van der Waals surface area contributed by atoms with Gasteiger partial charge >= 0.3 is 5.97 Å². The average molecular weight is 464 g/mol. The highest BCUT2D eigenvalue weighted by atomic mass is 32.2. The van der Waals surface area contributed by atoms with Crippen LogP contribution in [0.5, 0.6) is 11.5 Å². The van der Waals surface area contributed by atoms with Gasteiger partial charge in [-0.25, -0.2) is 18.6 Å². The SMILES string of the molecule is COC(=O)COc1cccc(/C=N\NC(=O)CN(c2cc(C)ccc2OC)S(C)(=O)=O)c1. The topological polar surface area (TPSA) is 124 Å². The van der Waals surface area contributed by atoms with Gasteiger partial charge in [0.05, 0.1) is 32.4 Å². The summed E-state index contributed by atoms with van der Waals surface area (Å²) >= 11 is 0. The molecular formula is C21H25N3O7S. The lowest BCUT2D eigenvalue weighted by Gasteiger charge is -2.23. The maximum atomic E-state index is 12.4. The molecule has 0 aromatic heterocycles. The molecule has 11 heteroatoms. The lowest BCUT2D eigenvalue weighted by atomic mass is 10.2. The molecule has 2 aromatic carbocycles. The van der Waals surface area contributed by atoms with E-state index < -0.39 is 28.4 Å². The first-order chi connectivity index (χ1) is 15.1. The van der Waals surface area contributed by atoms with Gasteiger partial charge in [0.15, 0.2) is 6.61 Å². The van der Waals surface area contributed by atoms with Crippen molar-refractivity contribution in [3.8, 4) is 11.5 Å². The zero-order valence-electron chi connectivity index (χ0n) is 18.2. The molecule has 32 heavy (non-hydrogen) atoms. The highest BCUT2D eigenvalue weighted by molar-refractivity contribution is 7.92. The Bertz CT molecular complexity index is 1100. The second-order valence-electron chi connectivity index (χ2n) is 6.68. The molecule has 0 bridgehead atoms. The van der Waals surface area contributed by atoms with E-state index in [4.69, 9.17) is 9.47 Å². The molecule has 0 atom stereocenters. The summed E-state index contributed by atoms with van der Waals surface area (Å²) in [5.74, 6) is -0.424. The summed E-state index contributed by atoms with van der Waals surface area (Å²) in [5.41, 5.74) is 3.96. The Morgan fingerprint density at radius 3 is 2.56 bits per heavy atom. The predicted molar refractivity (Wildman–Crippen MR) is 120 cm³/mol. The Labute approximate surface area is 186 Å².